The van der Waals surface area contributed by atoms with E-state index in [1.165, 1.54) is 11.3 Å². The van der Waals surface area contributed by atoms with E-state index in [0.29, 0.717) is 37.9 Å². The van der Waals surface area contributed by atoms with Gasteiger partial charge in [-0.2, -0.15) is 0 Å². The van der Waals surface area contributed by atoms with Crippen LogP contribution in [0.25, 0.3) is 11.3 Å². The molecule has 2 heterocycles. The zero-order chi connectivity index (χ0) is 21.6. The van der Waals surface area contributed by atoms with Crippen LogP contribution in [0.5, 0.6) is 0 Å². The minimum atomic E-state index is -0.547. The van der Waals surface area contributed by atoms with Gasteiger partial charge in [-0.3, -0.25) is 9.59 Å². The van der Waals surface area contributed by atoms with Gasteiger partial charge in [0, 0.05) is 10.4 Å². The quantitative estimate of drug-likeness (QED) is 0.533. The fourth-order valence-electron chi connectivity index (χ4n) is 3.80. The molecule has 3 aromatic rings. The average molecular weight is 464 g/mol. The molecular weight excluding hydrogens is 445 g/mol. The number of thiophene rings is 1. The maximum absolute atomic E-state index is 13.2. The number of carbonyl (C=O) groups is 2. The Balaban J connectivity index is 1.75. The van der Waals surface area contributed by atoms with E-state index in [4.69, 9.17) is 33.5 Å². The number of nitrogens with two attached hydrogens (primary N) is 1. The molecule has 0 spiro atoms. The molecule has 30 heavy (non-hydrogen) atoms. The van der Waals surface area contributed by atoms with Crippen LogP contribution in [0.1, 0.15) is 50.3 Å². The summed E-state index contributed by atoms with van der Waals surface area (Å²) in [5, 5.41) is 8.01. The summed E-state index contributed by atoms with van der Waals surface area (Å²) in [7, 11) is 0. The van der Waals surface area contributed by atoms with Crippen LogP contribution in [-0.2, 0) is 12.8 Å². The lowest BCUT2D eigenvalue weighted by molar-refractivity contribution is 0.1000. The van der Waals surface area contributed by atoms with Crippen LogP contribution in [0, 0.1) is 12.8 Å². The van der Waals surface area contributed by atoms with Gasteiger partial charge in [-0.25, -0.2) is 0 Å². The monoisotopic (exact) mass is 463 g/mol. The van der Waals surface area contributed by atoms with Gasteiger partial charge >= 0.3 is 0 Å². The Morgan fingerprint density at radius 2 is 1.97 bits per heavy atom. The average Bonchev–Trinajstić information content (AvgIpc) is 3.21. The number of fused-ring (bicyclic) bond motifs is 1. The predicted octanol–water partition coefficient (Wildman–Crippen LogP) is 5.49. The van der Waals surface area contributed by atoms with Crippen LogP contribution in [0.15, 0.2) is 22.7 Å². The van der Waals surface area contributed by atoms with Gasteiger partial charge in [0.15, 0.2) is 0 Å². The Kier molecular flexibility index (Phi) is 5.61. The predicted molar refractivity (Wildman–Crippen MR) is 119 cm³/mol. The fraction of sp³-hybridized carbons (Fsp3) is 0.286. The molecule has 0 saturated carbocycles. The third kappa shape index (κ3) is 3.62. The number of nitrogens with zero attached hydrogens (tertiary/aromatic N) is 1. The van der Waals surface area contributed by atoms with Crippen molar-refractivity contribution in [1.29, 1.82) is 0 Å². The first kappa shape index (κ1) is 20.9. The normalized spacial score (nSPS) is 15.7. The number of aromatic nitrogens is 1. The molecule has 1 aliphatic carbocycles. The number of amides is 2. The van der Waals surface area contributed by atoms with E-state index in [9.17, 15) is 9.59 Å². The highest BCUT2D eigenvalue weighted by Gasteiger charge is 2.30. The highest BCUT2D eigenvalue weighted by Crippen LogP contribution is 2.41. The fourth-order valence-corrected chi connectivity index (χ4v) is 5.79. The Labute approximate surface area is 187 Å². The Morgan fingerprint density at radius 3 is 2.63 bits per heavy atom. The van der Waals surface area contributed by atoms with Crippen molar-refractivity contribution in [2.45, 2.75) is 33.1 Å². The molecule has 6 nitrogen and oxygen atoms in total. The van der Waals surface area contributed by atoms with Crippen molar-refractivity contribution in [3.63, 3.8) is 0 Å². The molecule has 9 heteroatoms. The molecule has 4 rings (SSSR count). The SMILES string of the molecule is Cc1onc(-c2c(Cl)cccc2Cl)c1C(=O)Nc1sc2c(c1C(N)=O)CC[C@@H](C)C2. The number of hydrogen-bond donors (Lipinski definition) is 2. The molecule has 0 saturated heterocycles. The van der Waals surface area contributed by atoms with Gasteiger partial charge in [-0.05, 0) is 49.8 Å². The van der Waals surface area contributed by atoms with Crippen LogP contribution in [0.3, 0.4) is 0 Å². The number of nitrogens with one attached hydrogen (secondary N) is 1. The van der Waals surface area contributed by atoms with E-state index < -0.39 is 11.8 Å². The van der Waals surface area contributed by atoms with Gasteiger partial charge in [0.2, 0.25) is 0 Å². The number of aryl methyl sites for hydroxylation is 1. The summed E-state index contributed by atoms with van der Waals surface area (Å²) in [6.07, 6.45) is 2.62. The van der Waals surface area contributed by atoms with Gasteiger partial charge in [0.05, 0.1) is 15.6 Å². The van der Waals surface area contributed by atoms with E-state index in [1.807, 2.05) is 0 Å². The molecule has 1 atom stereocenters. The van der Waals surface area contributed by atoms with Crippen LogP contribution in [0.4, 0.5) is 5.00 Å². The molecule has 2 amide bonds. The van der Waals surface area contributed by atoms with E-state index in [1.54, 1.807) is 25.1 Å². The van der Waals surface area contributed by atoms with Crippen molar-refractivity contribution in [3.8, 4) is 11.3 Å². The standard InChI is InChI=1S/C21H19Cl2N3O3S/c1-9-6-7-11-14(8-9)30-21(16(11)19(24)27)25-20(28)15-10(2)29-26-18(15)17-12(22)4-3-5-13(17)23/h3-5,9H,6-8H2,1-2H3,(H2,24,27)(H,25,28)/t9-/m1/s1. The smallest absolute Gasteiger partial charge is 0.262 e. The second-order valence-electron chi connectivity index (χ2n) is 7.43. The molecule has 0 bridgehead atoms. The molecule has 156 valence electrons. The maximum Gasteiger partial charge on any atom is 0.262 e. The summed E-state index contributed by atoms with van der Waals surface area (Å²) < 4.78 is 5.28. The minimum Gasteiger partial charge on any atom is -0.365 e. The molecule has 0 radical (unpaired) electrons. The number of rotatable bonds is 4. The zero-order valence-electron chi connectivity index (χ0n) is 16.3. The van der Waals surface area contributed by atoms with Crippen molar-refractivity contribution in [2.24, 2.45) is 11.7 Å². The second kappa shape index (κ2) is 8.06. The van der Waals surface area contributed by atoms with Crippen molar-refractivity contribution in [1.82, 2.24) is 5.16 Å². The van der Waals surface area contributed by atoms with Crippen LogP contribution >= 0.6 is 34.5 Å². The van der Waals surface area contributed by atoms with Crippen LogP contribution < -0.4 is 11.1 Å². The highest BCUT2D eigenvalue weighted by atomic mass is 35.5. The molecule has 1 aliphatic rings. The Bertz CT molecular complexity index is 1150. The number of anilines is 1. The number of hydrogen-bond acceptors (Lipinski definition) is 5. The van der Waals surface area contributed by atoms with Gasteiger partial charge in [0.25, 0.3) is 11.8 Å². The van der Waals surface area contributed by atoms with E-state index >= 15 is 0 Å². The molecule has 2 aromatic heterocycles. The van der Waals surface area contributed by atoms with Crippen molar-refractivity contribution >= 4 is 51.4 Å². The van der Waals surface area contributed by atoms with Gasteiger partial charge < -0.3 is 15.6 Å². The van der Waals surface area contributed by atoms with E-state index in [0.717, 1.165) is 29.7 Å². The van der Waals surface area contributed by atoms with E-state index in [2.05, 4.69) is 17.4 Å². The lowest BCUT2D eigenvalue weighted by Crippen LogP contribution is -2.19. The lowest BCUT2D eigenvalue weighted by atomic mass is 9.88. The molecule has 0 unspecified atom stereocenters. The van der Waals surface area contributed by atoms with Crippen molar-refractivity contribution in [2.75, 3.05) is 5.32 Å². The third-order valence-corrected chi connectivity index (χ3v) is 7.07. The summed E-state index contributed by atoms with van der Waals surface area (Å²) in [5.41, 5.74) is 7.85. The minimum absolute atomic E-state index is 0.208. The Morgan fingerprint density at radius 1 is 1.27 bits per heavy atom. The first-order valence-electron chi connectivity index (χ1n) is 9.44. The number of primary amides is 1. The van der Waals surface area contributed by atoms with Gasteiger partial charge in [-0.1, -0.05) is 41.3 Å². The largest absolute Gasteiger partial charge is 0.365 e. The summed E-state index contributed by atoms with van der Waals surface area (Å²) in [4.78, 5) is 26.5. The molecule has 0 fully saturated rings. The number of carbonyl (C=O) groups excluding carboxylic acids is 2. The summed E-state index contributed by atoms with van der Waals surface area (Å²) in [6, 6.07) is 5.03. The Hall–Kier alpha value is -2.35. The van der Waals surface area contributed by atoms with Crippen LogP contribution in [-0.4, -0.2) is 17.0 Å². The van der Waals surface area contributed by atoms with Gasteiger partial charge in [-0.15, -0.1) is 11.3 Å². The molecule has 3 N–H and O–H groups in total. The summed E-state index contributed by atoms with van der Waals surface area (Å²) in [5.74, 6) is -0.175. The first-order valence-corrected chi connectivity index (χ1v) is 11.0. The summed E-state index contributed by atoms with van der Waals surface area (Å²) >= 11 is 14.0. The summed E-state index contributed by atoms with van der Waals surface area (Å²) in [6.45, 7) is 3.80. The molecule has 0 aliphatic heterocycles. The van der Waals surface area contributed by atoms with Crippen molar-refractivity contribution < 1.29 is 14.1 Å². The molecule has 1 aromatic carbocycles. The second-order valence-corrected chi connectivity index (χ2v) is 9.35. The van der Waals surface area contributed by atoms with Crippen LogP contribution in [0.2, 0.25) is 10.0 Å². The lowest BCUT2D eigenvalue weighted by Gasteiger charge is -2.18. The third-order valence-electron chi connectivity index (χ3n) is 5.27. The topological polar surface area (TPSA) is 98.2 Å². The number of benzene rings is 1. The molecular formula is C21H19Cl2N3O3S. The maximum atomic E-state index is 13.2. The van der Waals surface area contributed by atoms with Crippen molar-refractivity contribution in [3.05, 3.63) is 55.6 Å². The first-order chi connectivity index (χ1) is 14.3. The van der Waals surface area contributed by atoms with Gasteiger partial charge in [0.1, 0.15) is 22.0 Å². The number of halogens is 2. The zero-order valence-corrected chi connectivity index (χ0v) is 18.7. The van der Waals surface area contributed by atoms with E-state index in [-0.39, 0.29) is 11.3 Å². The highest BCUT2D eigenvalue weighted by molar-refractivity contribution is 7.17.